The number of aryl methyl sites for hydroxylation is 1. The lowest BCUT2D eigenvalue weighted by molar-refractivity contribution is -0.139. The first-order valence-corrected chi connectivity index (χ1v) is 18.1. The van der Waals surface area contributed by atoms with Crippen molar-refractivity contribution in [1.29, 1.82) is 0 Å². The van der Waals surface area contributed by atoms with E-state index in [2.05, 4.69) is 63.1 Å². The molecule has 5 aromatic rings. The minimum Gasteiger partial charge on any atom is -0.361 e. The Balaban J connectivity index is 0.000000451. The number of rotatable bonds is 9. The van der Waals surface area contributed by atoms with Crippen LogP contribution in [0.2, 0.25) is 5.02 Å². The maximum atomic E-state index is 13.6. The summed E-state index contributed by atoms with van der Waals surface area (Å²) in [5, 5.41) is 13.9. The third-order valence-corrected chi connectivity index (χ3v) is 10.1. The fourth-order valence-corrected chi connectivity index (χ4v) is 7.35. The van der Waals surface area contributed by atoms with Crippen LogP contribution in [0.3, 0.4) is 0 Å². The molecule has 2 saturated heterocycles. The number of hydrogen-bond acceptors (Lipinski definition) is 5. The molecule has 4 heterocycles. The van der Waals surface area contributed by atoms with E-state index >= 15 is 0 Å². The average Bonchev–Trinajstić information content (AvgIpc) is 3.93. The summed E-state index contributed by atoms with van der Waals surface area (Å²) in [6, 6.07) is 27.4. The van der Waals surface area contributed by atoms with Crippen LogP contribution >= 0.6 is 11.6 Å². The largest absolute Gasteiger partial charge is 0.361 e. The summed E-state index contributed by atoms with van der Waals surface area (Å²) in [7, 11) is 1.50. The van der Waals surface area contributed by atoms with Gasteiger partial charge in [-0.25, -0.2) is 0 Å². The summed E-state index contributed by atoms with van der Waals surface area (Å²) in [5.41, 5.74) is 5.07. The van der Waals surface area contributed by atoms with Crippen LogP contribution in [-0.4, -0.2) is 88.4 Å². The maximum absolute atomic E-state index is 13.6. The fourth-order valence-electron chi connectivity index (χ4n) is 7.18. The first kappa shape index (κ1) is 36.4. The van der Waals surface area contributed by atoms with Gasteiger partial charge in [0.05, 0.1) is 24.6 Å². The lowest BCUT2D eigenvalue weighted by Gasteiger charge is -2.39. The van der Waals surface area contributed by atoms with Crippen molar-refractivity contribution < 1.29 is 19.2 Å². The molecule has 270 valence electrons. The average molecular weight is 722 g/mol. The van der Waals surface area contributed by atoms with Crippen LogP contribution < -0.4 is 10.6 Å². The van der Waals surface area contributed by atoms with Crippen molar-refractivity contribution in [2.75, 3.05) is 39.8 Å². The van der Waals surface area contributed by atoms with Gasteiger partial charge in [-0.2, -0.15) is 5.10 Å². The third kappa shape index (κ3) is 8.54. The molecule has 3 aromatic carbocycles. The maximum Gasteiger partial charge on any atom is 0.271 e. The zero-order chi connectivity index (χ0) is 36.6. The standard InChI is InChI=1S/C31H32ClN7O4.C9H12/c1-33-28(40)13-35-30(42)24-17-38(29(41)9-19-12-34-26-10-21(32)7-8-22(19)26)14-20-15-39(16-23(20)24)31(43)27-11-25(36-37-27)18-5-3-2-4-6-18;1-2-6-9-7-4-3-5-8-9/h2-8,10-12,20,23-24,34H,9,13-17H2,1H3,(H,33,40)(H,35,42)(H,36,37);3-5,7-8H,2,6H2,1H3. The number of hydrogen-bond donors (Lipinski definition) is 4. The van der Waals surface area contributed by atoms with E-state index in [9.17, 15) is 19.2 Å². The summed E-state index contributed by atoms with van der Waals surface area (Å²) in [6.07, 6.45) is 4.42. The highest BCUT2D eigenvalue weighted by Crippen LogP contribution is 2.37. The van der Waals surface area contributed by atoms with E-state index in [1.54, 1.807) is 21.9 Å². The highest BCUT2D eigenvalue weighted by molar-refractivity contribution is 6.31. The SMILES string of the molecule is CCCc1ccccc1.CNC(=O)CNC(=O)C1CN(C(=O)Cc2c[nH]c3cc(Cl)ccc23)CC2CN(C(=O)c3cc(-c4ccccc4)n[nH]3)CC21. The van der Waals surface area contributed by atoms with Crippen LogP contribution in [0.4, 0.5) is 0 Å². The molecule has 2 aromatic heterocycles. The third-order valence-electron chi connectivity index (χ3n) is 9.89. The molecule has 0 saturated carbocycles. The number of piperidine rings is 1. The Kier molecular flexibility index (Phi) is 11.7. The number of aromatic nitrogens is 3. The molecule has 11 nitrogen and oxygen atoms in total. The van der Waals surface area contributed by atoms with Crippen molar-refractivity contribution in [2.24, 2.45) is 17.8 Å². The molecular weight excluding hydrogens is 678 g/mol. The van der Waals surface area contributed by atoms with Gasteiger partial charge in [-0.1, -0.05) is 91.7 Å². The van der Waals surface area contributed by atoms with Gasteiger partial charge < -0.3 is 25.4 Å². The number of carbonyl (C=O) groups is 4. The van der Waals surface area contributed by atoms with Crippen LogP contribution in [-0.2, 0) is 27.2 Å². The Hall–Kier alpha value is -5.42. The number of likely N-dealkylation sites (tertiary alicyclic amines) is 2. The van der Waals surface area contributed by atoms with Gasteiger partial charge in [0.2, 0.25) is 17.7 Å². The Bertz CT molecular complexity index is 2010. The van der Waals surface area contributed by atoms with Crippen molar-refractivity contribution >= 4 is 46.1 Å². The van der Waals surface area contributed by atoms with Gasteiger partial charge in [0.25, 0.3) is 5.91 Å². The first-order chi connectivity index (χ1) is 25.2. The highest BCUT2D eigenvalue weighted by Gasteiger charge is 2.48. The number of nitrogens with zero attached hydrogens (tertiary/aromatic N) is 3. The lowest BCUT2D eigenvalue weighted by atomic mass is 9.79. The van der Waals surface area contributed by atoms with Crippen LogP contribution in [0.5, 0.6) is 0 Å². The molecule has 7 rings (SSSR count). The van der Waals surface area contributed by atoms with Crippen molar-refractivity contribution in [3.05, 3.63) is 113 Å². The van der Waals surface area contributed by atoms with E-state index in [1.165, 1.54) is 25.5 Å². The molecule has 0 aliphatic carbocycles. The monoisotopic (exact) mass is 721 g/mol. The van der Waals surface area contributed by atoms with Gasteiger partial charge in [-0.15, -0.1) is 0 Å². The minimum atomic E-state index is -0.575. The van der Waals surface area contributed by atoms with Gasteiger partial charge in [0.15, 0.2) is 0 Å². The Morgan fingerprint density at radius 1 is 0.904 bits per heavy atom. The number of H-pyrrole nitrogens is 2. The van der Waals surface area contributed by atoms with Crippen LogP contribution in [0, 0.1) is 17.8 Å². The molecular formula is C40H44ClN7O4. The number of likely N-dealkylation sites (N-methyl/N-ethyl adjacent to an activating group) is 1. The summed E-state index contributed by atoms with van der Waals surface area (Å²) < 4.78 is 0. The van der Waals surface area contributed by atoms with E-state index in [1.807, 2.05) is 48.7 Å². The molecule has 52 heavy (non-hydrogen) atoms. The number of amides is 4. The number of aromatic amines is 2. The van der Waals surface area contributed by atoms with Crippen LogP contribution in [0.25, 0.3) is 22.2 Å². The second-order valence-electron chi connectivity index (χ2n) is 13.4. The molecule has 2 aliphatic rings. The normalized spacial score (nSPS) is 17.9. The van der Waals surface area contributed by atoms with Gasteiger partial charge in [-0.05, 0) is 47.6 Å². The summed E-state index contributed by atoms with van der Waals surface area (Å²) >= 11 is 6.12. The van der Waals surface area contributed by atoms with Crippen molar-refractivity contribution in [2.45, 2.75) is 26.2 Å². The number of carbonyl (C=O) groups excluding carboxylic acids is 4. The molecule has 3 atom stereocenters. The molecule has 4 amide bonds. The Labute approximate surface area is 308 Å². The minimum absolute atomic E-state index is 0.101. The smallest absolute Gasteiger partial charge is 0.271 e. The summed E-state index contributed by atoms with van der Waals surface area (Å²) in [5.74, 6) is -1.77. The van der Waals surface area contributed by atoms with Crippen molar-refractivity contribution in [3.8, 4) is 11.3 Å². The van der Waals surface area contributed by atoms with E-state index in [0.29, 0.717) is 36.0 Å². The predicted octanol–water partition coefficient (Wildman–Crippen LogP) is 5.10. The molecule has 0 radical (unpaired) electrons. The number of nitrogens with one attached hydrogen (secondary N) is 4. The highest BCUT2D eigenvalue weighted by atomic mass is 35.5. The second kappa shape index (κ2) is 16.7. The number of halogens is 1. The van der Waals surface area contributed by atoms with Crippen LogP contribution in [0.15, 0.2) is 91.1 Å². The second-order valence-corrected chi connectivity index (χ2v) is 13.8. The topological polar surface area (TPSA) is 143 Å². The fraction of sp³-hybridized carbons (Fsp3) is 0.325. The zero-order valence-electron chi connectivity index (χ0n) is 29.4. The zero-order valence-corrected chi connectivity index (χ0v) is 30.2. The Morgan fingerprint density at radius 2 is 1.63 bits per heavy atom. The van der Waals surface area contributed by atoms with E-state index in [0.717, 1.165) is 22.0 Å². The van der Waals surface area contributed by atoms with Gasteiger partial charge >= 0.3 is 0 Å². The van der Waals surface area contributed by atoms with Gasteiger partial charge in [0.1, 0.15) is 5.69 Å². The quantitative estimate of drug-likeness (QED) is 0.168. The first-order valence-electron chi connectivity index (χ1n) is 17.7. The molecule has 12 heteroatoms. The number of fused-ring (bicyclic) bond motifs is 2. The Morgan fingerprint density at radius 3 is 2.37 bits per heavy atom. The summed E-state index contributed by atoms with van der Waals surface area (Å²) in [4.78, 5) is 59.0. The molecule has 2 fully saturated rings. The molecule has 0 spiro atoms. The number of benzene rings is 3. The molecule has 0 bridgehead atoms. The molecule has 4 N–H and O–H groups in total. The van der Waals surface area contributed by atoms with Crippen molar-refractivity contribution in [1.82, 2.24) is 35.6 Å². The van der Waals surface area contributed by atoms with Crippen molar-refractivity contribution in [3.63, 3.8) is 0 Å². The van der Waals surface area contributed by atoms with E-state index in [4.69, 9.17) is 11.6 Å². The van der Waals surface area contributed by atoms with Gasteiger partial charge in [0, 0.05) is 60.9 Å². The van der Waals surface area contributed by atoms with E-state index < -0.39 is 5.92 Å². The molecule has 3 unspecified atom stereocenters. The predicted molar refractivity (Wildman–Crippen MR) is 202 cm³/mol. The molecule has 2 aliphatic heterocycles. The van der Waals surface area contributed by atoms with Gasteiger partial charge in [-0.3, -0.25) is 24.3 Å². The van der Waals surface area contributed by atoms with Crippen LogP contribution in [0.1, 0.15) is 35.0 Å². The summed E-state index contributed by atoms with van der Waals surface area (Å²) in [6.45, 7) is 3.45. The lowest BCUT2D eigenvalue weighted by Crippen LogP contribution is -2.54. The van der Waals surface area contributed by atoms with E-state index in [-0.39, 0.29) is 55.0 Å².